The molecule has 0 spiro atoms. The molecule has 0 amide bonds. The van der Waals surface area contributed by atoms with Gasteiger partial charge in [-0.15, -0.1) is 30.6 Å². The third-order valence-electron chi connectivity index (χ3n) is 1.97. The van der Waals surface area contributed by atoms with Crippen LogP contribution in [0.5, 0.6) is 0 Å². The van der Waals surface area contributed by atoms with Crippen LogP contribution in [-0.2, 0) is 6.54 Å². The standard InChI is InChI=1S/C11H18N4.HI/c1-3-6-13-11(12-2)14-7-10-15-8-4-5-9-15;/h3-5,8-9H,1,6-7,10H2,2H3,(H2,12,13,14);1H. The summed E-state index contributed by atoms with van der Waals surface area (Å²) in [6, 6.07) is 4.04. The van der Waals surface area contributed by atoms with Crippen LogP contribution in [0.3, 0.4) is 0 Å². The average molecular weight is 334 g/mol. The lowest BCUT2D eigenvalue weighted by Crippen LogP contribution is -2.38. The molecular formula is C11H19IN4. The van der Waals surface area contributed by atoms with E-state index in [1.165, 1.54) is 0 Å². The van der Waals surface area contributed by atoms with Gasteiger partial charge in [-0.1, -0.05) is 6.08 Å². The molecule has 1 aromatic heterocycles. The van der Waals surface area contributed by atoms with Gasteiger partial charge in [0.1, 0.15) is 0 Å². The number of rotatable bonds is 5. The van der Waals surface area contributed by atoms with Gasteiger partial charge in [0.05, 0.1) is 0 Å². The first kappa shape index (κ1) is 15.0. The van der Waals surface area contributed by atoms with Crippen LogP contribution in [0, 0.1) is 0 Å². The van der Waals surface area contributed by atoms with E-state index in [9.17, 15) is 0 Å². The maximum atomic E-state index is 4.08. The second-order valence-electron chi connectivity index (χ2n) is 3.09. The Labute approximate surface area is 114 Å². The van der Waals surface area contributed by atoms with Crippen LogP contribution in [0.4, 0.5) is 0 Å². The monoisotopic (exact) mass is 334 g/mol. The molecule has 0 saturated heterocycles. The van der Waals surface area contributed by atoms with E-state index in [1.54, 1.807) is 13.1 Å². The van der Waals surface area contributed by atoms with E-state index >= 15 is 0 Å². The van der Waals surface area contributed by atoms with Gasteiger partial charge in [0.2, 0.25) is 0 Å². The average Bonchev–Trinajstić information content (AvgIpc) is 2.76. The Balaban J connectivity index is 0.00000225. The van der Waals surface area contributed by atoms with Crippen molar-refractivity contribution in [2.45, 2.75) is 6.54 Å². The molecule has 16 heavy (non-hydrogen) atoms. The molecule has 0 bridgehead atoms. The summed E-state index contributed by atoms with van der Waals surface area (Å²) in [6.07, 6.45) is 5.89. The van der Waals surface area contributed by atoms with E-state index in [-0.39, 0.29) is 24.0 Å². The lowest BCUT2D eigenvalue weighted by atomic mass is 10.5. The number of halogens is 1. The van der Waals surface area contributed by atoms with Crippen molar-refractivity contribution in [3.05, 3.63) is 37.2 Å². The number of aromatic nitrogens is 1. The van der Waals surface area contributed by atoms with Gasteiger partial charge in [0.15, 0.2) is 5.96 Å². The Kier molecular flexibility index (Phi) is 8.69. The van der Waals surface area contributed by atoms with Crippen molar-refractivity contribution < 1.29 is 0 Å². The van der Waals surface area contributed by atoms with Crippen molar-refractivity contribution in [2.75, 3.05) is 20.1 Å². The van der Waals surface area contributed by atoms with Gasteiger partial charge in [-0.05, 0) is 12.1 Å². The molecule has 1 heterocycles. The summed E-state index contributed by atoms with van der Waals surface area (Å²) in [6.45, 7) is 6.15. The van der Waals surface area contributed by atoms with Gasteiger partial charge < -0.3 is 15.2 Å². The van der Waals surface area contributed by atoms with Crippen LogP contribution in [-0.4, -0.2) is 30.7 Å². The van der Waals surface area contributed by atoms with E-state index in [1.807, 2.05) is 24.5 Å². The Morgan fingerprint density at radius 1 is 1.38 bits per heavy atom. The fourth-order valence-corrected chi connectivity index (χ4v) is 1.21. The molecule has 2 N–H and O–H groups in total. The largest absolute Gasteiger partial charge is 0.355 e. The number of hydrogen-bond donors (Lipinski definition) is 2. The quantitative estimate of drug-likeness (QED) is 0.370. The van der Waals surface area contributed by atoms with Crippen LogP contribution in [0.2, 0.25) is 0 Å². The Bertz CT molecular complexity index is 306. The van der Waals surface area contributed by atoms with Gasteiger partial charge in [0, 0.05) is 39.1 Å². The zero-order valence-corrected chi connectivity index (χ0v) is 11.8. The number of nitrogens with one attached hydrogen (secondary N) is 2. The summed E-state index contributed by atoms with van der Waals surface area (Å²) >= 11 is 0. The molecule has 5 heteroatoms. The fourth-order valence-electron chi connectivity index (χ4n) is 1.21. The van der Waals surface area contributed by atoms with E-state index in [4.69, 9.17) is 0 Å². The Hall–Kier alpha value is -0.980. The summed E-state index contributed by atoms with van der Waals surface area (Å²) < 4.78 is 2.12. The molecule has 0 aliphatic heterocycles. The van der Waals surface area contributed by atoms with Gasteiger partial charge in [-0.25, -0.2) is 0 Å². The fraction of sp³-hybridized carbons (Fsp3) is 0.364. The van der Waals surface area contributed by atoms with Crippen molar-refractivity contribution in [3.8, 4) is 0 Å². The molecular weight excluding hydrogens is 315 g/mol. The highest BCUT2D eigenvalue weighted by Crippen LogP contribution is 1.87. The van der Waals surface area contributed by atoms with E-state index < -0.39 is 0 Å². The molecule has 0 aliphatic carbocycles. The van der Waals surface area contributed by atoms with E-state index in [0.717, 1.165) is 25.6 Å². The molecule has 0 atom stereocenters. The number of nitrogens with zero attached hydrogens (tertiary/aromatic N) is 2. The first-order valence-electron chi connectivity index (χ1n) is 5.03. The zero-order valence-electron chi connectivity index (χ0n) is 9.52. The van der Waals surface area contributed by atoms with Crippen LogP contribution in [0.1, 0.15) is 0 Å². The molecule has 90 valence electrons. The molecule has 0 aliphatic rings. The number of aliphatic imine (C=N–C) groups is 1. The van der Waals surface area contributed by atoms with Gasteiger partial charge >= 0.3 is 0 Å². The summed E-state index contributed by atoms with van der Waals surface area (Å²) in [5.41, 5.74) is 0. The topological polar surface area (TPSA) is 41.4 Å². The van der Waals surface area contributed by atoms with Crippen molar-refractivity contribution in [2.24, 2.45) is 4.99 Å². The van der Waals surface area contributed by atoms with Gasteiger partial charge in [-0.2, -0.15) is 0 Å². The smallest absolute Gasteiger partial charge is 0.191 e. The molecule has 4 nitrogen and oxygen atoms in total. The Morgan fingerprint density at radius 2 is 2.06 bits per heavy atom. The number of guanidine groups is 1. The molecule has 0 radical (unpaired) electrons. The predicted octanol–water partition coefficient (Wildman–Crippen LogP) is 1.46. The van der Waals surface area contributed by atoms with E-state index in [2.05, 4.69) is 26.8 Å². The summed E-state index contributed by atoms with van der Waals surface area (Å²) in [4.78, 5) is 4.08. The predicted molar refractivity (Wildman–Crippen MR) is 79.4 cm³/mol. The molecule has 0 saturated carbocycles. The second kappa shape index (κ2) is 9.26. The van der Waals surface area contributed by atoms with E-state index in [0.29, 0.717) is 0 Å². The lowest BCUT2D eigenvalue weighted by Gasteiger charge is -2.10. The second-order valence-corrected chi connectivity index (χ2v) is 3.09. The van der Waals surface area contributed by atoms with Crippen LogP contribution < -0.4 is 10.6 Å². The third-order valence-corrected chi connectivity index (χ3v) is 1.97. The molecule has 1 aromatic rings. The molecule has 0 aromatic carbocycles. The summed E-state index contributed by atoms with van der Waals surface area (Å²) in [5, 5.41) is 6.32. The minimum Gasteiger partial charge on any atom is -0.355 e. The first-order valence-corrected chi connectivity index (χ1v) is 5.03. The Morgan fingerprint density at radius 3 is 2.62 bits per heavy atom. The lowest BCUT2D eigenvalue weighted by molar-refractivity contribution is 0.669. The van der Waals surface area contributed by atoms with Crippen molar-refractivity contribution in [1.82, 2.24) is 15.2 Å². The highest BCUT2D eigenvalue weighted by molar-refractivity contribution is 14.0. The van der Waals surface area contributed by atoms with Crippen molar-refractivity contribution in [3.63, 3.8) is 0 Å². The highest BCUT2D eigenvalue weighted by atomic mass is 127. The SMILES string of the molecule is C=CCNC(=NC)NCCn1cccc1.I. The maximum absolute atomic E-state index is 4.08. The molecule has 0 fully saturated rings. The molecule has 0 unspecified atom stereocenters. The van der Waals surface area contributed by atoms with Gasteiger partial charge in [0.25, 0.3) is 0 Å². The number of hydrogen-bond acceptors (Lipinski definition) is 1. The first-order chi connectivity index (χ1) is 7.36. The van der Waals surface area contributed by atoms with Crippen molar-refractivity contribution in [1.29, 1.82) is 0 Å². The van der Waals surface area contributed by atoms with Crippen LogP contribution in [0.15, 0.2) is 42.2 Å². The maximum Gasteiger partial charge on any atom is 0.191 e. The third kappa shape index (κ3) is 5.79. The van der Waals surface area contributed by atoms with Crippen LogP contribution >= 0.6 is 24.0 Å². The zero-order chi connectivity index (χ0) is 10.9. The van der Waals surface area contributed by atoms with Crippen molar-refractivity contribution >= 4 is 29.9 Å². The minimum absolute atomic E-state index is 0. The molecule has 1 rings (SSSR count). The highest BCUT2D eigenvalue weighted by Gasteiger charge is 1.94. The summed E-state index contributed by atoms with van der Waals surface area (Å²) in [5.74, 6) is 0.807. The van der Waals surface area contributed by atoms with Crippen LogP contribution in [0.25, 0.3) is 0 Å². The minimum atomic E-state index is 0. The van der Waals surface area contributed by atoms with Gasteiger partial charge in [-0.3, -0.25) is 4.99 Å². The summed E-state index contributed by atoms with van der Waals surface area (Å²) in [7, 11) is 1.76. The normalized spacial score (nSPS) is 10.4.